The number of piperidine rings is 1. The first-order valence-corrected chi connectivity index (χ1v) is 5.20. The van der Waals surface area contributed by atoms with Crippen LogP contribution in [0.2, 0.25) is 0 Å². The summed E-state index contributed by atoms with van der Waals surface area (Å²) in [6.45, 7) is 1.28. The van der Waals surface area contributed by atoms with Gasteiger partial charge in [-0.25, -0.2) is 4.98 Å². The van der Waals surface area contributed by atoms with Crippen molar-refractivity contribution < 1.29 is 10.0 Å². The van der Waals surface area contributed by atoms with Crippen LogP contribution < -0.4 is 4.90 Å². The van der Waals surface area contributed by atoms with Gasteiger partial charge in [-0.2, -0.15) is 0 Å². The van der Waals surface area contributed by atoms with Crippen molar-refractivity contribution >= 4 is 11.5 Å². The molecule has 0 spiro atoms. The van der Waals surface area contributed by atoms with Gasteiger partial charge in [0.05, 0.1) is 17.1 Å². The first-order valence-electron chi connectivity index (χ1n) is 5.20. The van der Waals surface area contributed by atoms with E-state index in [1.54, 1.807) is 0 Å². The lowest BCUT2D eigenvalue weighted by atomic mass is 10.1. The number of aromatic nitrogens is 1. The summed E-state index contributed by atoms with van der Waals surface area (Å²) in [4.78, 5) is 16.1. The number of hydrogen-bond donors (Lipinski definition) is 1. The number of rotatable bonds is 2. The largest absolute Gasteiger partial charge is 0.391 e. The van der Waals surface area contributed by atoms with E-state index in [-0.39, 0.29) is 11.8 Å². The Labute approximate surface area is 92.7 Å². The van der Waals surface area contributed by atoms with Crippen molar-refractivity contribution in [3.05, 3.63) is 28.4 Å². The fourth-order valence-corrected chi connectivity index (χ4v) is 1.86. The van der Waals surface area contributed by atoms with Gasteiger partial charge in [0.1, 0.15) is 5.82 Å². The van der Waals surface area contributed by atoms with Gasteiger partial charge in [-0.05, 0) is 12.8 Å². The van der Waals surface area contributed by atoms with Crippen molar-refractivity contribution in [2.75, 3.05) is 18.0 Å². The van der Waals surface area contributed by atoms with Crippen LogP contribution in [0, 0.1) is 10.1 Å². The predicted octanol–water partition coefficient (Wildman–Crippen LogP) is 0.951. The molecule has 1 fully saturated rings. The Morgan fingerprint density at radius 3 is 3.12 bits per heavy atom. The number of nitro groups is 1. The van der Waals surface area contributed by atoms with Crippen LogP contribution in [0.15, 0.2) is 18.3 Å². The number of β-amino-alcohol motifs (C(OH)–C–C–N with tert-alkyl or cyclic N) is 1. The summed E-state index contributed by atoms with van der Waals surface area (Å²) in [5, 5.41) is 20.1. The van der Waals surface area contributed by atoms with E-state index < -0.39 is 4.92 Å². The van der Waals surface area contributed by atoms with Crippen LogP contribution in [-0.4, -0.2) is 34.2 Å². The Bertz CT molecular complexity index is 397. The summed E-state index contributed by atoms with van der Waals surface area (Å²) in [5.74, 6) is 0.563. The highest BCUT2D eigenvalue weighted by Gasteiger charge is 2.20. The predicted molar refractivity (Wildman–Crippen MR) is 58.3 cm³/mol. The van der Waals surface area contributed by atoms with Crippen molar-refractivity contribution in [3.63, 3.8) is 0 Å². The van der Waals surface area contributed by atoms with Crippen LogP contribution in [0.4, 0.5) is 11.5 Å². The normalized spacial score (nSPS) is 20.8. The van der Waals surface area contributed by atoms with Crippen LogP contribution in [0.5, 0.6) is 0 Å². The Kier molecular flexibility index (Phi) is 3.00. The average molecular weight is 223 g/mol. The number of pyridine rings is 1. The maximum Gasteiger partial charge on any atom is 0.274 e. The van der Waals surface area contributed by atoms with Crippen LogP contribution >= 0.6 is 0 Å². The van der Waals surface area contributed by atoms with Crippen LogP contribution in [0.3, 0.4) is 0 Å². The second kappa shape index (κ2) is 4.44. The molecule has 1 aliphatic rings. The molecule has 1 aromatic heterocycles. The highest BCUT2D eigenvalue weighted by Crippen LogP contribution is 2.21. The molecule has 1 aliphatic heterocycles. The first kappa shape index (κ1) is 10.8. The average Bonchev–Trinajstić information content (AvgIpc) is 2.29. The number of anilines is 1. The molecule has 1 atom stereocenters. The number of aliphatic hydroxyl groups excluding tert-OH is 1. The number of aliphatic hydroxyl groups is 1. The van der Waals surface area contributed by atoms with Gasteiger partial charge in [0, 0.05) is 25.4 Å². The van der Waals surface area contributed by atoms with E-state index >= 15 is 0 Å². The molecule has 0 saturated carbocycles. The molecular formula is C10H13N3O3. The maximum atomic E-state index is 10.6. The van der Waals surface area contributed by atoms with Gasteiger partial charge in [-0.1, -0.05) is 0 Å². The van der Waals surface area contributed by atoms with Gasteiger partial charge in [0.15, 0.2) is 0 Å². The van der Waals surface area contributed by atoms with Crippen molar-refractivity contribution in [1.29, 1.82) is 0 Å². The Balaban J connectivity index is 2.19. The minimum Gasteiger partial charge on any atom is -0.391 e. The minimum atomic E-state index is -0.439. The molecule has 6 nitrogen and oxygen atoms in total. The minimum absolute atomic E-state index is 0.0325. The molecule has 2 rings (SSSR count). The van der Waals surface area contributed by atoms with Gasteiger partial charge >= 0.3 is 0 Å². The highest BCUT2D eigenvalue weighted by atomic mass is 16.6. The van der Waals surface area contributed by atoms with Crippen molar-refractivity contribution in [1.82, 2.24) is 4.98 Å². The topological polar surface area (TPSA) is 79.5 Å². The standard InChI is InChI=1S/C10H13N3O3/c14-9-2-1-5-12(7-9)10-6-8(13(15)16)3-4-11-10/h3-4,6,9,14H,1-2,5,7H2. The molecule has 1 unspecified atom stereocenters. The van der Waals surface area contributed by atoms with E-state index in [9.17, 15) is 15.2 Å². The molecule has 2 heterocycles. The van der Waals surface area contributed by atoms with Crippen LogP contribution in [0.1, 0.15) is 12.8 Å². The molecule has 0 amide bonds. The molecule has 16 heavy (non-hydrogen) atoms. The fraction of sp³-hybridized carbons (Fsp3) is 0.500. The molecule has 1 aromatic rings. The van der Waals surface area contributed by atoms with Gasteiger partial charge in [0.2, 0.25) is 0 Å². The fourth-order valence-electron chi connectivity index (χ4n) is 1.86. The molecule has 0 aliphatic carbocycles. The monoisotopic (exact) mass is 223 g/mol. The SMILES string of the molecule is O=[N+]([O-])c1ccnc(N2CCCC(O)C2)c1. The van der Waals surface area contributed by atoms with E-state index in [0.29, 0.717) is 12.4 Å². The highest BCUT2D eigenvalue weighted by molar-refractivity contribution is 5.47. The van der Waals surface area contributed by atoms with Crippen molar-refractivity contribution in [3.8, 4) is 0 Å². The van der Waals surface area contributed by atoms with Gasteiger partial charge < -0.3 is 10.0 Å². The van der Waals surface area contributed by atoms with Crippen molar-refractivity contribution in [2.45, 2.75) is 18.9 Å². The third-order valence-corrected chi connectivity index (χ3v) is 2.66. The van der Waals surface area contributed by atoms with E-state index in [2.05, 4.69) is 4.98 Å². The summed E-state index contributed by atoms with van der Waals surface area (Å²) < 4.78 is 0. The molecule has 86 valence electrons. The zero-order valence-corrected chi connectivity index (χ0v) is 8.74. The van der Waals surface area contributed by atoms with Crippen LogP contribution in [-0.2, 0) is 0 Å². The van der Waals surface area contributed by atoms with E-state index in [1.165, 1.54) is 18.3 Å². The maximum absolute atomic E-state index is 10.6. The summed E-state index contributed by atoms with van der Waals surface area (Å²) in [6, 6.07) is 2.81. The lowest BCUT2D eigenvalue weighted by Gasteiger charge is -2.30. The van der Waals surface area contributed by atoms with Gasteiger partial charge in [-0.15, -0.1) is 0 Å². The summed E-state index contributed by atoms with van der Waals surface area (Å²) in [7, 11) is 0. The number of hydrogen-bond acceptors (Lipinski definition) is 5. The second-order valence-corrected chi connectivity index (χ2v) is 3.87. The van der Waals surface area contributed by atoms with Gasteiger partial charge in [0.25, 0.3) is 5.69 Å². The Morgan fingerprint density at radius 1 is 1.62 bits per heavy atom. The van der Waals surface area contributed by atoms with Crippen LogP contribution in [0.25, 0.3) is 0 Å². The smallest absolute Gasteiger partial charge is 0.274 e. The number of nitrogens with zero attached hydrogens (tertiary/aromatic N) is 3. The zero-order valence-electron chi connectivity index (χ0n) is 8.74. The first-order chi connectivity index (χ1) is 7.66. The molecule has 0 bridgehead atoms. The molecule has 6 heteroatoms. The lowest BCUT2D eigenvalue weighted by Crippen LogP contribution is -2.38. The molecule has 1 saturated heterocycles. The second-order valence-electron chi connectivity index (χ2n) is 3.87. The van der Waals surface area contributed by atoms with E-state index in [4.69, 9.17) is 0 Å². The third kappa shape index (κ3) is 2.27. The Morgan fingerprint density at radius 2 is 2.44 bits per heavy atom. The van der Waals surface area contributed by atoms with E-state index in [1.807, 2.05) is 4.90 Å². The molecule has 0 aromatic carbocycles. The molecular weight excluding hydrogens is 210 g/mol. The summed E-state index contributed by atoms with van der Waals surface area (Å²) >= 11 is 0. The Hall–Kier alpha value is -1.69. The van der Waals surface area contributed by atoms with E-state index in [0.717, 1.165) is 19.4 Å². The van der Waals surface area contributed by atoms with Crippen molar-refractivity contribution in [2.24, 2.45) is 0 Å². The van der Waals surface area contributed by atoms with Gasteiger partial charge in [-0.3, -0.25) is 10.1 Å². The third-order valence-electron chi connectivity index (χ3n) is 2.66. The summed E-state index contributed by atoms with van der Waals surface area (Å²) in [5.41, 5.74) is 0.0325. The lowest BCUT2D eigenvalue weighted by molar-refractivity contribution is -0.384. The summed E-state index contributed by atoms with van der Waals surface area (Å²) in [6.07, 6.45) is 2.72. The zero-order chi connectivity index (χ0) is 11.5. The molecule has 1 N–H and O–H groups in total. The molecule has 0 radical (unpaired) electrons. The quantitative estimate of drug-likeness (QED) is 0.596.